The lowest BCUT2D eigenvalue weighted by Crippen LogP contribution is -2.36. The van der Waals surface area contributed by atoms with Crippen LogP contribution in [0.3, 0.4) is 0 Å². The lowest BCUT2D eigenvalue weighted by molar-refractivity contribution is 0.0929. The number of carbonyl (C=O) groups is 1. The highest BCUT2D eigenvalue weighted by Crippen LogP contribution is 2.25. The fourth-order valence-corrected chi connectivity index (χ4v) is 2.41. The van der Waals surface area contributed by atoms with E-state index in [1.54, 1.807) is 25.1 Å². The lowest BCUT2D eigenvalue weighted by Gasteiger charge is -2.17. The molecule has 0 bridgehead atoms. The molecule has 0 spiro atoms. The summed E-state index contributed by atoms with van der Waals surface area (Å²) < 4.78 is 0. The third-order valence-electron chi connectivity index (χ3n) is 3.64. The molecule has 2 rings (SSSR count). The molecular formula is C14H19NO2. The predicted octanol–water partition coefficient (Wildman–Crippen LogP) is 2.62. The second-order valence-corrected chi connectivity index (χ2v) is 4.99. The molecule has 1 amide bonds. The molecule has 0 heterocycles. The van der Waals surface area contributed by atoms with Gasteiger partial charge in [-0.1, -0.05) is 13.3 Å². The molecular weight excluding hydrogens is 214 g/mol. The van der Waals surface area contributed by atoms with Crippen LogP contribution in [0.1, 0.15) is 42.1 Å². The Kier molecular flexibility index (Phi) is 3.36. The van der Waals surface area contributed by atoms with Crippen molar-refractivity contribution in [2.45, 2.75) is 39.2 Å². The Hall–Kier alpha value is -1.51. The number of benzene rings is 1. The van der Waals surface area contributed by atoms with Crippen LogP contribution in [0, 0.1) is 12.8 Å². The first-order valence-electron chi connectivity index (χ1n) is 6.18. The van der Waals surface area contributed by atoms with Gasteiger partial charge in [0.15, 0.2) is 0 Å². The van der Waals surface area contributed by atoms with Crippen molar-refractivity contribution >= 4 is 5.91 Å². The molecule has 92 valence electrons. The Morgan fingerprint density at radius 1 is 1.41 bits per heavy atom. The molecule has 3 nitrogen and oxygen atoms in total. The third-order valence-corrected chi connectivity index (χ3v) is 3.64. The average Bonchev–Trinajstić information content (AvgIpc) is 2.68. The number of hydrogen-bond donors (Lipinski definition) is 2. The molecule has 0 aromatic heterocycles. The van der Waals surface area contributed by atoms with Crippen molar-refractivity contribution in [2.24, 2.45) is 5.92 Å². The Bertz CT molecular complexity index is 428. The molecule has 1 aromatic rings. The molecule has 1 saturated carbocycles. The second-order valence-electron chi connectivity index (χ2n) is 4.99. The van der Waals surface area contributed by atoms with E-state index in [1.165, 1.54) is 12.8 Å². The van der Waals surface area contributed by atoms with Crippen LogP contribution in [-0.2, 0) is 0 Å². The summed E-state index contributed by atoms with van der Waals surface area (Å²) >= 11 is 0. The highest BCUT2D eigenvalue weighted by atomic mass is 16.3. The number of phenols is 1. The Morgan fingerprint density at radius 2 is 2.18 bits per heavy atom. The third kappa shape index (κ3) is 2.60. The summed E-state index contributed by atoms with van der Waals surface area (Å²) in [6, 6.07) is 5.26. The largest absolute Gasteiger partial charge is 0.508 e. The zero-order chi connectivity index (χ0) is 12.4. The molecule has 1 aromatic carbocycles. The second kappa shape index (κ2) is 4.78. The van der Waals surface area contributed by atoms with Gasteiger partial charge in [-0.2, -0.15) is 0 Å². The van der Waals surface area contributed by atoms with Gasteiger partial charge >= 0.3 is 0 Å². The summed E-state index contributed by atoms with van der Waals surface area (Å²) in [6.07, 6.45) is 3.46. The summed E-state index contributed by atoms with van der Waals surface area (Å²) in [5.74, 6) is 0.764. The minimum Gasteiger partial charge on any atom is -0.508 e. The SMILES string of the molecule is Cc1cc(C(=O)NC2CCCC2C)ccc1O. The fourth-order valence-electron chi connectivity index (χ4n) is 2.41. The summed E-state index contributed by atoms with van der Waals surface area (Å²) in [4.78, 5) is 12.0. The van der Waals surface area contributed by atoms with Crippen molar-refractivity contribution in [3.05, 3.63) is 29.3 Å². The molecule has 2 atom stereocenters. The number of nitrogens with one attached hydrogen (secondary N) is 1. The van der Waals surface area contributed by atoms with Gasteiger partial charge in [-0.25, -0.2) is 0 Å². The van der Waals surface area contributed by atoms with Crippen molar-refractivity contribution in [1.29, 1.82) is 0 Å². The van der Waals surface area contributed by atoms with Crippen molar-refractivity contribution in [1.82, 2.24) is 5.32 Å². The van der Waals surface area contributed by atoms with Crippen molar-refractivity contribution < 1.29 is 9.90 Å². The van der Waals surface area contributed by atoms with Crippen molar-refractivity contribution in [3.8, 4) is 5.75 Å². The van der Waals surface area contributed by atoms with Gasteiger partial charge in [-0.05, 0) is 49.4 Å². The van der Waals surface area contributed by atoms with E-state index in [1.807, 2.05) is 0 Å². The van der Waals surface area contributed by atoms with E-state index in [-0.39, 0.29) is 11.7 Å². The van der Waals surface area contributed by atoms with Crippen molar-refractivity contribution in [2.75, 3.05) is 0 Å². The normalized spacial score (nSPS) is 23.6. The maximum atomic E-state index is 12.0. The maximum absolute atomic E-state index is 12.0. The Balaban J connectivity index is 2.06. The monoisotopic (exact) mass is 233 g/mol. The van der Waals surface area contributed by atoms with Gasteiger partial charge in [-0.15, -0.1) is 0 Å². The molecule has 2 unspecified atom stereocenters. The lowest BCUT2D eigenvalue weighted by atomic mass is 10.1. The number of aryl methyl sites for hydroxylation is 1. The summed E-state index contributed by atoms with van der Waals surface area (Å²) in [7, 11) is 0. The van der Waals surface area contributed by atoms with Crippen LogP contribution in [-0.4, -0.2) is 17.1 Å². The smallest absolute Gasteiger partial charge is 0.251 e. The highest BCUT2D eigenvalue weighted by molar-refractivity contribution is 5.94. The highest BCUT2D eigenvalue weighted by Gasteiger charge is 2.25. The van der Waals surface area contributed by atoms with Gasteiger partial charge < -0.3 is 10.4 Å². The first kappa shape index (κ1) is 12.0. The zero-order valence-electron chi connectivity index (χ0n) is 10.4. The number of carbonyl (C=O) groups excluding carboxylic acids is 1. The number of hydrogen-bond acceptors (Lipinski definition) is 2. The van der Waals surface area contributed by atoms with Crippen LogP contribution in [0.15, 0.2) is 18.2 Å². The molecule has 2 N–H and O–H groups in total. The van der Waals surface area contributed by atoms with Gasteiger partial charge in [0.05, 0.1) is 0 Å². The van der Waals surface area contributed by atoms with Crippen LogP contribution < -0.4 is 5.32 Å². The van der Waals surface area contributed by atoms with E-state index in [0.29, 0.717) is 17.5 Å². The first-order chi connectivity index (χ1) is 8.08. The van der Waals surface area contributed by atoms with Crippen LogP contribution in [0.25, 0.3) is 0 Å². The summed E-state index contributed by atoms with van der Waals surface area (Å²) in [5.41, 5.74) is 1.36. The molecule has 0 aliphatic heterocycles. The zero-order valence-corrected chi connectivity index (χ0v) is 10.4. The minimum absolute atomic E-state index is 0.0353. The van der Waals surface area contributed by atoms with Gasteiger partial charge in [0.25, 0.3) is 5.91 Å². The van der Waals surface area contributed by atoms with E-state index in [0.717, 1.165) is 12.0 Å². The first-order valence-corrected chi connectivity index (χ1v) is 6.18. The Morgan fingerprint density at radius 3 is 2.76 bits per heavy atom. The summed E-state index contributed by atoms with van der Waals surface area (Å²) in [6.45, 7) is 3.98. The van der Waals surface area contributed by atoms with Crippen LogP contribution in [0.5, 0.6) is 5.75 Å². The molecule has 17 heavy (non-hydrogen) atoms. The number of rotatable bonds is 2. The molecule has 1 aliphatic carbocycles. The molecule has 3 heteroatoms. The van der Waals surface area contributed by atoms with E-state index in [4.69, 9.17) is 0 Å². The maximum Gasteiger partial charge on any atom is 0.251 e. The standard InChI is InChI=1S/C14H19NO2/c1-9-4-3-5-12(9)15-14(17)11-6-7-13(16)10(2)8-11/h6-9,12,16H,3-5H2,1-2H3,(H,15,17). The van der Waals surface area contributed by atoms with E-state index in [9.17, 15) is 9.90 Å². The Labute approximate surface area is 102 Å². The molecule has 0 radical (unpaired) electrons. The average molecular weight is 233 g/mol. The van der Waals surface area contributed by atoms with Crippen molar-refractivity contribution in [3.63, 3.8) is 0 Å². The number of aromatic hydroxyl groups is 1. The number of amides is 1. The van der Waals surface area contributed by atoms with Gasteiger partial charge in [0, 0.05) is 11.6 Å². The van der Waals surface area contributed by atoms with Crippen LogP contribution in [0.4, 0.5) is 0 Å². The molecule has 1 aliphatic rings. The summed E-state index contributed by atoms with van der Waals surface area (Å²) in [5, 5.41) is 12.5. The van der Waals surface area contributed by atoms with E-state index in [2.05, 4.69) is 12.2 Å². The minimum atomic E-state index is -0.0353. The fraction of sp³-hybridized carbons (Fsp3) is 0.500. The van der Waals surface area contributed by atoms with Gasteiger partial charge in [0.1, 0.15) is 5.75 Å². The van der Waals surface area contributed by atoms with E-state index >= 15 is 0 Å². The van der Waals surface area contributed by atoms with Gasteiger partial charge in [0.2, 0.25) is 0 Å². The predicted molar refractivity (Wildman–Crippen MR) is 67.1 cm³/mol. The topological polar surface area (TPSA) is 49.3 Å². The molecule has 1 fully saturated rings. The van der Waals surface area contributed by atoms with E-state index < -0.39 is 0 Å². The van der Waals surface area contributed by atoms with Crippen LogP contribution in [0.2, 0.25) is 0 Å². The van der Waals surface area contributed by atoms with Gasteiger partial charge in [-0.3, -0.25) is 4.79 Å². The quantitative estimate of drug-likeness (QED) is 0.825. The van der Waals surface area contributed by atoms with Crippen LogP contribution >= 0.6 is 0 Å². The number of phenolic OH excluding ortho intramolecular Hbond substituents is 1. The molecule has 0 saturated heterocycles.